The lowest BCUT2D eigenvalue weighted by atomic mass is 9.84. The molecule has 1 aliphatic carbocycles. The van der Waals surface area contributed by atoms with Crippen LogP contribution in [0.5, 0.6) is 0 Å². The average molecular weight is 224 g/mol. The molecule has 0 radical (unpaired) electrons. The van der Waals surface area contributed by atoms with Gasteiger partial charge in [0.2, 0.25) is 0 Å². The van der Waals surface area contributed by atoms with Crippen molar-refractivity contribution in [1.29, 1.82) is 0 Å². The zero-order chi connectivity index (χ0) is 10.9. The maximum atomic E-state index is 6.49. The molecule has 1 aromatic rings. The third-order valence-corrected chi connectivity index (χ3v) is 4.58. The summed E-state index contributed by atoms with van der Waals surface area (Å²) < 4.78 is 0. The molecule has 1 saturated carbocycles. The fourth-order valence-corrected chi connectivity index (χ4v) is 3.19. The molecule has 2 N–H and O–H groups in total. The van der Waals surface area contributed by atoms with Gasteiger partial charge in [-0.3, -0.25) is 0 Å². The molecule has 1 heterocycles. The molecule has 84 valence electrons. The number of aromatic nitrogens is 1. The molecule has 2 rings (SSSR count). The fourth-order valence-electron chi connectivity index (χ4n) is 2.38. The fraction of sp³-hybridized carbons (Fsp3) is 0.750. The Hall–Kier alpha value is -0.410. The first-order valence-corrected chi connectivity index (χ1v) is 6.59. The van der Waals surface area contributed by atoms with E-state index < -0.39 is 0 Å². The van der Waals surface area contributed by atoms with E-state index in [0.29, 0.717) is 5.41 Å². The van der Waals surface area contributed by atoms with E-state index in [4.69, 9.17) is 5.73 Å². The topological polar surface area (TPSA) is 38.9 Å². The third-order valence-electron chi connectivity index (χ3n) is 3.58. The van der Waals surface area contributed by atoms with Gasteiger partial charge in [0.25, 0.3) is 0 Å². The predicted molar refractivity (Wildman–Crippen MR) is 64.8 cm³/mol. The smallest absolute Gasteiger partial charge is 0.112 e. The largest absolute Gasteiger partial charge is 0.319 e. The van der Waals surface area contributed by atoms with E-state index in [9.17, 15) is 0 Å². The van der Waals surface area contributed by atoms with Crippen LogP contribution in [0.3, 0.4) is 0 Å². The monoisotopic (exact) mass is 224 g/mol. The summed E-state index contributed by atoms with van der Waals surface area (Å²) in [6.45, 7) is 4.70. The molecule has 0 saturated heterocycles. The maximum absolute atomic E-state index is 6.49. The number of rotatable bonds is 1. The molecule has 0 aliphatic heterocycles. The summed E-state index contributed by atoms with van der Waals surface area (Å²) in [4.78, 5) is 4.39. The lowest BCUT2D eigenvalue weighted by Crippen LogP contribution is -2.36. The molecule has 3 heteroatoms. The molecule has 2 nitrogen and oxygen atoms in total. The summed E-state index contributed by atoms with van der Waals surface area (Å²) in [5.41, 5.74) is 6.80. The number of nitrogens with two attached hydrogens (primary N) is 1. The molecule has 1 aliphatic rings. The summed E-state index contributed by atoms with van der Waals surface area (Å²) in [5, 5.41) is 3.15. The van der Waals surface area contributed by atoms with Crippen LogP contribution >= 0.6 is 11.3 Å². The van der Waals surface area contributed by atoms with E-state index in [1.807, 2.05) is 11.6 Å². The van der Waals surface area contributed by atoms with Crippen LogP contribution in [0.25, 0.3) is 0 Å². The summed E-state index contributed by atoms with van der Waals surface area (Å²) in [6, 6.07) is 0. The Morgan fingerprint density at radius 1 is 1.27 bits per heavy atom. The van der Waals surface area contributed by atoms with Crippen molar-refractivity contribution in [3.8, 4) is 0 Å². The van der Waals surface area contributed by atoms with Crippen molar-refractivity contribution < 1.29 is 0 Å². The van der Waals surface area contributed by atoms with E-state index >= 15 is 0 Å². The van der Waals surface area contributed by atoms with Gasteiger partial charge in [0.15, 0.2) is 0 Å². The number of hydrogen-bond donors (Lipinski definition) is 1. The SMILES string of the molecule is CC1(C)CCCC(N)(c2nccs2)CC1. The zero-order valence-corrected chi connectivity index (χ0v) is 10.4. The van der Waals surface area contributed by atoms with Crippen molar-refractivity contribution in [3.05, 3.63) is 16.6 Å². The Kier molecular flexibility index (Phi) is 2.86. The molecule has 15 heavy (non-hydrogen) atoms. The minimum atomic E-state index is -0.151. The van der Waals surface area contributed by atoms with Crippen LogP contribution in [0.2, 0.25) is 0 Å². The standard InChI is InChI=1S/C12H20N2S/c1-11(2)4-3-5-12(13,7-6-11)10-14-8-9-15-10/h8-9H,3-7,13H2,1-2H3. The van der Waals surface area contributed by atoms with Crippen molar-refractivity contribution in [3.63, 3.8) is 0 Å². The molecule has 0 bridgehead atoms. The Bertz CT molecular complexity index is 318. The average Bonchev–Trinajstić information content (AvgIpc) is 2.64. The van der Waals surface area contributed by atoms with Gasteiger partial charge in [-0.1, -0.05) is 20.3 Å². The lowest BCUT2D eigenvalue weighted by molar-refractivity contribution is 0.299. The number of thiazole rings is 1. The summed E-state index contributed by atoms with van der Waals surface area (Å²) in [7, 11) is 0. The van der Waals surface area contributed by atoms with Crippen LogP contribution < -0.4 is 5.73 Å². The third kappa shape index (κ3) is 2.40. The van der Waals surface area contributed by atoms with Gasteiger partial charge in [-0.15, -0.1) is 11.3 Å². The van der Waals surface area contributed by atoms with Gasteiger partial charge in [0.1, 0.15) is 5.01 Å². The van der Waals surface area contributed by atoms with Gasteiger partial charge < -0.3 is 5.73 Å². The first-order valence-electron chi connectivity index (χ1n) is 5.71. The van der Waals surface area contributed by atoms with Crippen LogP contribution in [0, 0.1) is 5.41 Å². The second-order valence-electron chi connectivity index (χ2n) is 5.51. The summed E-state index contributed by atoms with van der Waals surface area (Å²) in [5.74, 6) is 0. The Balaban J connectivity index is 2.17. The van der Waals surface area contributed by atoms with E-state index in [1.54, 1.807) is 11.3 Å². The molecular formula is C12H20N2S. The van der Waals surface area contributed by atoms with Crippen LogP contribution in [0.15, 0.2) is 11.6 Å². The number of nitrogens with zero attached hydrogens (tertiary/aromatic N) is 1. The van der Waals surface area contributed by atoms with Crippen molar-refractivity contribution in [2.24, 2.45) is 11.1 Å². The van der Waals surface area contributed by atoms with Crippen molar-refractivity contribution in [2.45, 2.75) is 51.5 Å². The van der Waals surface area contributed by atoms with Gasteiger partial charge in [0, 0.05) is 11.6 Å². The van der Waals surface area contributed by atoms with Crippen LogP contribution in [0.1, 0.15) is 51.0 Å². The Labute approximate surface area is 95.9 Å². The molecule has 1 atom stereocenters. The predicted octanol–water partition coefficient (Wildman–Crippen LogP) is 3.29. The van der Waals surface area contributed by atoms with E-state index in [0.717, 1.165) is 17.8 Å². The molecule has 1 unspecified atom stereocenters. The highest BCUT2D eigenvalue weighted by Crippen LogP contribution is 2.41. The normalized spacial score (nSPS) is 31.1. The second-order valence-corrected chi connectivity index (χ2v) is 6.41. The highest BCUT2D eigenvalue weighted by Gasteiger charge is 2.35. The van der Waals surface area contributed by atoms with Crippen LogP contribution in [-0.4, -0.2) is 4.98 Å². The first-order chi connectivity index (χ1) is 7.02. The summed E-state index contributed by atoms with van der Waals surface area (Å²) in [6.07, 6.45) is 7.76. The van der Waals surface area contributed by atoms with Crippen LogP contribution in [0.4, 0.5) is 0 Å². The van der Waals surface area contributed by atoms with Crippen molar-refractivity contribution >= 4 is 11.3 Å². The van der Waals surface area contributed by atoms with Gasteiger partial charge in [-0.05, 0) is 31.1 Å². The van der Waals surface area contributed by atoms with Gasteiger partial charge in [-0.25, -0.2) is 4.98 Å². The van der Waals surface area contributed by atoms with Crippen LogP contribution in [-0.2, 0) is 5.54 Å². The quantitative estimate of drug-likeness (QED) is 0.743. The van der Waals surface area contributed by atoms with Crippen molar-refractivity contribution in [1.82, 2.24) is 4.98 Å². The minimum absolute atomic E-state index is 0.151. The minimum Gasteiger partial charge on any atom is -0.319 e. The van der Waals surface area contributed by atoms with Gasteiger partial charge in [-0.2, -0.15) is 0 Å². The Morgan fingerprint density at radius 2 is 2.07 bits per heavy atom. The second kappa shape index (κ2) is 3.87. The Morgan fingerprint density at radius 3 is 2.73 bits per heavy atom. The molecule has 1 aromatic heterocycles. The lowest BCUT2D eigenvalue weighted by Gasteiger charge is -2.27. The highest BCUT2D eigenvalue weighted by atomic mass is 32.1. The van der Waals surface area contributed by atoms with Gasteiger partial charge >= 0.3 is 0 Å². The van der Waals surface area contributed by atoms with E-state index in [-0.39, 0.29) is 5.54 Å². The highest BCUT2D eigenvalue weighted by molar-refractivity contribution is 7.09. The maximum Gasteiger partial charge on any atom is 0.112 e. The summed E-state index contributed by atoms with van der Waals surface area (Å²) >= 11 is 1.70. The number of hydrogen-bond acceptors (Lipinski definition) is 3. The molecule has 1 fully saturated rings. The van der Waals surface area contributed by atoms with E-state index in [1.165, 1.54) is 19.3 Å². The molecule has 0 aromatic carbocycles. The molecule has 0 amide bonds. The molecular weight excluding hydrogens is 204 g/mol. The zero-order valence-electron chi connectivity index (χ0n) is 9.62. The van der Waals surface area contributed by atoms with Gasteiger partial charge in [0.05, 0.1) is 5.54 Å². The first kappa shape index (κ1) is 11.1. The van der Waals surface area contributed by atoms with E-state index in [2.05, 4.69) is 18.8 Å². The molecule has 0 spiro atoms. The van der Waals surface area contributed by atoms with Crippen molar-refractivity contribution in [2.75, 3.05) is 0 Å².